The van der Waals surface area contributed by atoms with E-state index in [1.165, 1.54) is 12.5 Å². The lowest BCUT2D eigenvalue weighted by molar-refractivity contribution is -0.147. The highest BCUT2D eigenvalue weighted by Crippen LogP contribution is 2.05. The number of imidazole rings is 1. The molecule has 4 amide bonds. The molecule has 1 heterocycles. The molecule has 204 valence electrons. The van der Waals surface area contributed by atoms with Crippen LogP contribution in [0.3, 0.4) is 0 Å². The van der Waals surface area contributed by atoms with Gasteiger partial charge in [0.25, 0.3) is 0 Å². The van der Waals surface area contributed by atoms with Gasteiger partial charge in [-0.15, -0.1) is 0 Å². The number of rotatable bonds is 15. The highest BCUT2D eigenvalue weighted by atomic mass is 16.4. The Kier molecular flexibility index (Phi) is 10.9. The molecule has 0 radical (unpaired) electrons. The summed E-state index contributed by atoms with van der Waals surface area (Å²) >= 11 is 0. The highest BCUT2D eigenvalue weighted by Gasteiger charge is 2.32. The van der Waals surface area contributed by atoms with Gasteiger partial charge in [-0.05, 0) is 12.0 Å². The zero-order valence-electron chi connectivity index (χ0n) is 20.1. The van der Waals surface area contributed by atoms with Crippen molar-refractivity contribution in [2.45, 2.75) is 49.9 Å². The SMILES string of the molecule is NC(=O)CC(NC(=O)C(N)Cc1ccccc1)C(=O)NC(Cc1cnc[nH]1)C(=O)NC(CC(=O)O)C(=O)O. The maximum atomic E-state index is 13.0. The second-order valence-electron chi connectivity index (χ2n) is 8.37. The van der Waals surface area contributed by atoms with Crippen LogP contribution < -0.4 is 27.4 Å². The summed E-state index contributed by atoms with van der Waals surface area (Å²) < 4.78 is 0. The highest BCUT2D eigenvalue weighted by molar-refractivity contribution is 5.96. The van der Waals surface area contributed by atoms with Crippen molar-refractivity contribution in [2.24, 2.45) is 11.5 Å². The van der Waals surface area contributed by atoms with Gasteiger partial charge in [0.05, 0.1) is 25.2 Å². The van der Waals surface area contributed by atoms with Crippen LogP contribution in [-0.4, -0.2) is 79.9 Å². The second kappa shape index (κ2) is 14.1. The number of carboxylic acid groups (broad SMARTS) is 2. The Morgan fingerprint density at radius 2 is 1.45 bits per heavy atom. The maximum Gasteiger partial charge on any atom is 0.326 e. The van der Waals surface area contributed by atoms with Crippen molar-refractivity contribution in [3.8, 4) is 0 Å². The average molecular weight is 532 g/mol. The van der Waals surface area contributed by atoms with E-state index in [-0.39, 0.29) is 12.8 Å². The van der Waals surface area contributed by atoms with Crippen molar-refractivity contribution >= 4 is 35.6 Å². The first-order chi connectivity index (χ1) is 18.0. The summed E-state index contributed by atoms with van der Waals surface area (Å²) in [6.45, 7) is 0. The first-order valence-electron chi connectivity index (χ1n) is 11.4. The Morgan fingerprint density at radius 1 is 0.842 bits per heavy atom. The van der Waals surface area contributed by atoms with Crippen molar-refractivity contribution in [3.63, 3.8) is 0 Å². The quantitative estimate of drug-likeness (QED) is 0.119. The van der Waals surface area contributed by atoms with Crippen LogP contribution in [0.2, 0.25) is 0 Å². The van der Waals surface area contributed by atoms with E-state index in [2.05, 4.69) is 25.9 Å². The number of aromatic nitrogens is 2. The fraction of sp³-hybridized carbons (Fsp3) is 0.348. The zero-order chi connectivity index (χ0) is 28.2. The molecule has 0 spiro atoms. The fourth-order valence-corrected chi connectivity index (χ4v) is 3.39. The molecule has 38 heavy (non-hydrogen) atoms. The molecule has 2 aromatic rings. The molecule has 15 heteroatoms. The van der Waals surface area contributed by atoms with Crippen molar-refractivity contribution in [2.75, 3.05) is 0 Å². The number of carboxylic acids is 2. The van der Waals surface area contributed by atoms with Crippen molar-refractivity contribution in [1.82, 2.24) is 25.9 Å². The molecule has 0 aliphatic carbocycles. The predicted octanol–water partition coefficient (Wildman–Crippen LogP) is -2.59. The topological polar surface area (TPSA) is 260 Å². The third-order valence-electron chi connectivity index (χ3n) is 5.28. The predicted molar refractivity (Wildman–Crippen MR) is 130 cm³/mol. The lowest BCUT2D eigenvalue weighted by Gasteiger charge is -2.24. The van der Waals surface area contributed by atoms with E-state index in [1.807, 2.05) is 0 Å². The molecule has 1 aromatic carbocycles. The van der Waals surface area contributed by atoms with Gasteiger partial charge in [0.2, 0.25) is 23.6 Å². The van der Waals surface area contributed by atoms with Crippen molar-refractivity contribution in [1.29, 1.82) is 0 Å². The smallest absolute Gasteiger partial charge is 0.326 e. The largest absolute Gasteiger partial charge is 0.481 e. The van der Waals surface area contributed by atoms with Gasteiger partial charge in [-0.2, -0.15) is 0 Å². The van der Waals surface area contributed by atoms with E-state index in [0.717, 1.165) is 5.56 Å². The van der Waals surface area contributed by atoms with Crippen molar-refractivity contribution in [3.05, 3.63) is 54.1 Å². The molecule has 2 rings (SSSR count). The van der Waals surface area contributed by atoms with Crippen LogP contribution in [0.15, 0.2) is 42.9 Å². The number of benzene rings is 1. The molecule has 0 fully saturated rings. The van der Waals surface area contributed by atoms with E-state index in [9.17, 15) is 33.9 Å². The summed E-state index contributed by atoms with van der Waals surface area (Å²) in [5.74, 6) is -6.75. The summed E-state index contributed by atoms with van der Waals surface area (Å²) in [4.78, 5) is 79.1. The Hall–Kier alpha value is -4.79. The van der Waals surface area contributed by atoms with Gasteiger partial charge < -0.3 is 42.6 Å². The van der Waals surface area contributed by atoms with Gasteiger partial charge in [0, 0.05) is 18.3 Å². The maximum absolute atomic E-state index is 13.0. The summed E-state index contributed by atoms with van der Waals surface area (Å²) in [7, 11) is 0. The number of carbonyl (C=O) groups is 6. The minimum Gasteiger partial charge on any atom is -0.481 e. The first kappa shape index (κ1) is 29.4. The van der Waals surface area contributed by atoms with Crippen LogP contribution in [0.5, 0.6) is 0 Å². The third kappa shape index (κ3) is 9.69. The first-order valence-corrected chi connectivity index (χ1v) is 11.4. The Morgan fingerprint density at radius 3 is 2.00 bits per heavy atom. The molecule has 0 aliphatic heterocycles. The summed E-state index contributed by atoms with van der Waals surface area (Å²) in [5.41, 5.74) is 12.3. The number of nitrogens with one attached hydrogen (secondary N) is 4. The van der Waals surface area contributed by atoms with Crippen molar-refractivity contribution < 1.29 is 39.0 Å². The number of carbonyl (C=O) groups excluding carboxylic acids is 4. The second-order valence-corrected chi connectivity index (χ2v) is 8.37. The van der Waals surface area contributed by atoms with E-state index < -0.39 is 72.6 Å². The Bertz CT molecular complexity index is 1140. The number of nitrogens with two attached hydrogens (primary N) is 2. The Balaban J connectivity index is 2.18. The van der Waals surface area contributed by atoms with Crippen LogP contribution in [0.1, 0.15) is 24.1 Å². The number of aromatic amines is 1. The molecular weight excluding hydrogens is 502 g/mol. The number of hydrogen-bond acceptors (Lipinski definition) is 8. The van der Waals surface area contributed by atoms with Crippen LogP contribution in [0.4, 0.5) is 0 Å². The number of amides is 4. The molecule has 0 saturated carbocycles. The normalized spacial score (nSPS) is 13.8. The van der Waals surface area contributed by atoms with E-state index in [4.69, 9.17) is 16.6 Å². The van der Waals surface area contributed by atoms with Gasteiger partial charge in [-0.25, -0.2) is 9.78 Å². The third-order valence-corrected chi connectivity index (χ3v) is 5.28. The molecule has 0 bridgehead atoms. The van der Waals surface area contributed by atoms with Crippen LogP contribution in [0, 0.1) is 0 Å². The van der Waals surface area contributed by atoms with Crippen LogP contribution in [-0.2, 0) is 41.6 Å². The number of hydrogen-bond donors (Lipinski definition) is 8. The van der Waals surface area contributed by atoms with Gasteiger partial charge in [0.15, 0.2) is 0 Å². The average Bonchev–Trinajstić information content (AvgIpc) is 3.35. The molecule has 15 nitrogen and oxygen atoms in total. The van der Waals surface area contributed by atoms with E-state index in [1.54, 1.807) is 30.3 Å². The molecular formula is C23H29N7O8. The standard InChI is InChI=1S/C23H29N7O8/c24-14(6-12-4-2-1-3-5-12)20(34)28-16(8-18(25)31)22(36)29-15(7-13-10-26-11-27-13)21(35)30-17(23(37)38)9-19(32)33/h1-5,10-11,14-17H,6-9,24H2,(H2,25,31)(H,26,27)(H,28,34)(H,29,36)(H,30,35)(H,32,33)(H,37,38). The number of primary amides is 1. The van der Waals surface area contributed by atoms with E-state index >= 15 is 0 Å². The fourth-order valence-electron chi connectivity index (χ4n) is 3.39. The van der Waals surface area contributed by atoms with Crippen LogP contribution >= 0.6 is 0 Å². The number of H-pyrrole nitrogens is 1. The minimum absolute atomic E-state index is 0.141. The monoisotopic (exact) mass is 531 g/mol. The van der Waals surface area contributed by atoms with Gasteiger partial charge in [-0.1, -0.05) is 30.3 Å². The Labute approximate surface area is 216 Å². The molecule has 0 aliphatic rings. The molecule has 10 N–H and O–H groups in total. The summed E-state index contributed by atoms with van der Waals surface area (Å²) in [5, 5.41) is 24.9. The summed E-state index contributed by atoms with van der Waals surface area (Å²) in [6, 6.07) is 3.03. The van der Waals surface area contributed by atoms with Gasteiger partial charge in [-0.3, -0.25) is 24.0 Å². The number of nitrogens with zero attached hydrogens (tertiary/aromatic N) is 1. The molecule has 0 saturated heterocycles. The van der Waals surface area contributed by atoms with Crippen LogP contribution in [0.25, 0.3) is 0 Å². The lowest BCUT2D eigenvalue weighted by Crippen LogP contribution is -2.58. The van der Waals surface area contributed by atoms with Gasteiger partial charge >= 0.3 is 11.9 Å². The number of aliphatic carboxylic acids is 2. The molecule has 1 aromatic heterocycles. The zero-order valence-corrected chi connectivity index (χ0v) is 20.1. The van der Waals surface area contributed by atoms with Gasteiger partial charge in [0.1, 0.15) is 18.1 Å². The molecule has 4 unspecified atom stereocenters. The van der Waals surface area contributed by atoms with E-state index in [0.29, 0.717) is 5.69 Å². The molecule has 4 atom stereocenters. The lowest BCUT2D eigenvalue weighted by atomic mass is 10.0. The summed E-state index contributed by atoms with van der Waals surface area (Å²) in [6.07, 6.45) is 1.06. The minimum atomic E-state index is -1.78.